The number of benzene rings is 1. The van der Waals surface area contributed by atoms with Gasteiger partial charge in [-0.15, -0.1) is 11.3 Å². The first-order valence-corrected chi connectivity index (χ1v) is 9.69. The van der Waals surface area contributed by atoms with Gasteiger partial charge in [0.05, 0.1) is 24.7 Å². The van der Waals surface area contributed by atoms with E-state index in [0.29, 0.717) is 39.7 Å². The van der Waals surface area contributed by atoms with Crippen LogP contribution in [0.2, 0.25) is 0 Å². The molecule has 0 aliphatic heterocycles. The number of nitrogens with zero attached hydrogens (tertiary/aromatic N) is 1. The predicted octanol–water partition coefficient (Wildman–Crippen LogP) is 3.93. The molecule has 3 aromatic rings. The van der Waals surface area contributed by atoms with Gasteiger partial charge in [0.15, 0.2) is 23.4 Å². The van der Waals surface area contributed by atoms with Crippen LogP contribution in [0.1, 0.15) is 46.6 Å². The van der Waals surface area contributed by atoms with E-state index < -0.39 is 12.1 Å². The summed E-state index contributed by atoms with van der Waals surface area (Å²) in [6.45, 7) is 7.86. The quantitative estimate of drug-likeness (QED) is 0.629. The van der Waals surface area contributed by atoms with Crippen molar-refractivity contribution in [3.8, 4) is 11.5 Å². The van der Waals surface area contributed by atoms with E-state index in [-0.39, 0.29) is 5.56 Å². The zero-order chi connectivity index (χ0) is 20.4. The molecule has 7 nitrogen and oxygen atoms in total. The highest BCUT2D eigenvalue weighted by Gasteiger charge is 2.20. The van der Waals surface area contributed by atoms with E-state index in [9.17, 15) is 9.59 Å². The number of ether oxygens (including phenoxy) is 3. The molecular weight excluding hydrogens is 380 g/mol. The molecule has 3 rings (SSSR count). The Kier molecular flexibility index (Phi) is 5.69. The van der Waals surface area contributed by atoms with Gasteiger partial charge in [0, 0.05) is 4.88 Å². The summed E-state index contributed by atoms with van der Waals surface area (Å²) in [6.07, 6.45) is -0.718. The number of hydrogen-bond donors (Lipinski definition) is 1. The summed E-state index contributed by atoms with van der Waals surface area (Å²) in [7, 11) is 1.50. The Hall–Kier alpha value is -2.87. The fourth-order valence-electron chi connectivity index (χ4n) is 2.82. The molecule has 2 aromatic heterocycles. The highest BCUT2D eigenvalue weighted by Crippen LogP contribution is 2.30. The van der Waals surface area contributed by atoms with Gasteiger partial charge in [0.25, 0.3) is 5.56 Å². The summed E-state index contributed by atoms with van der Waals surface area (Å²) in [6, 6.07) is 4.83. The number of aryl methyl sites for hydroxylation is 2. The molecule has 0 radical (unpaired) electrons. The summed E-state index contributed by atoms with van der Waals surface area (Å²) >= 11 is 1.45. The summed E-state index contributed by atoms with van der Waals surface area (Å²) < 4.78 is 16.2. The van der Waals surface area contributed by atoms with Crippen LogP contribution in [0, 0.1) is 13.8 Å². The number of aromatic amines is 1. The third-order valence-electron chi connectivity index (χ3n) is 4.43. The maximum Gasteiger partial charge on any atom is 0.338 e. The normalized spacial score (nSPS) is 12.0. The van der Waals surface area contributed by atoms with Crippen molar-refractivity contribution in [2.45, 2.75) is 33.8 Å². The number of esters is 1. The molecule has 0 saturated heterocycles. The highest BCUT2D eigenvalue weighted by atomic mass is 32.1. The van der Waals surface area contributed by atoms with Gasteiger partial charge < -0.3 is 19.2 Å². The summed E-state index contributed by atoms with van der Waals surface area (Å²) in [5, 5.41) is 0.584. The second-order valence-electron chi connectivity index (χ2n) is 6.26. The molecule has 0 fully saturated rings. The average Bonchev–Trinajstić information content (AvgIpc) is 2.96. The molecular formula is C20H22N2O5S. The second kappa shape index (κ2) is 8.02. The van der Waals surface area contributed by atoms with Crippen molar-refractivity contribution in [2.24, 2.45) is 0 Å². The molecule has 1 N–H and O–H groups in total. The van der Waals surface area contributed by atoms with E-state index in [1.54, 1.807) is 25.1 Å². The zero-order valence-corrected chi connectivity index (χ0v) is 17.2. The van der Waals surface area contributed by atoms with E-state index in [1.807, 2.05) is 20.8 Å². The first-order valence-electron chi connectivity index (χ1n) is 8.87. The van der Waals surface area contributed by atoms with Gasteiger partial charge in [-0.05, 0) is 51.5 Å². The Morgan fingerprint density at radius 2 is 2.04 bits per heavy atom. The van der Waals surface area contributed by atoms with Crippen LogP contribution in [0.3, 0.4) is 0 Å². The molecule has 8 heteroatoms. The van der Waals surface area contributed by atoms with E-state index >= 15 is 0 Å². The number of nitrogens with one attached hydrogen (secondary N) is 1. The lowest BCUT2D eigenvalue weighted by Crippen LogP contribution is -2.17. The van der Waals surface area contributed by atoms with Gasteiger partial charge >= 0.3 is 5.97 Å². The minimum absolute atomic E-state index is 0.229. The minimum atomic E-state index is -0.718. The van der Waals surface area contributed by atoms with Gasteiger partial charge in [-0.3, -0.25) is 4.79 Å². The van der Waals surface area contributed by atoms with E-state index in [1.165, 1.54) is 18.4 Å². The fourth-order valence-corrected chi connectivity index (χ4v) is 3.85. The van der Waals surface area contributed by atoms with Crippen LogP contribution in [-0.2, 0) is 4.74 Å². The number of H-pyrrole nitrogens is 1. The molecule has 0 aliphatic rings. The summed E-state index contributed by atoms with van der Waals surface area (Å²) in [4.78, 5) is 33.8. The van der Waals surface area contributed by atoms with Gasteiger partial charge in [-0.25, -0.2) is 9.78 Å². The average molecular weight is 402 g/mol. The van der Waals surface area contributed by atoms with Crippen LogP contribution in [-0.4, -0.2) is 29.7 Å². The van der Waals surface area contributed by atoms with Crippen molar-refractivity contribution in [2.75, 3.05) is 13.7 Å². The molecule has 28 heavy (non-hydrogen) atoms. The number of rotatable bonds is 6. The lowest BCUT2D eigenvalue weighted by Gasteiger charge is -2.14. The number of methoxy groups -OCH3 is 1. The first-order chi connectivity index (χ1) is 13.3. The topological polar surface area (TPSA) is 90.5 Å². The lowest BCUT2D eigenvalue weighted by atomic mass is 10.2. The number of carbonyl (C=O) groups excluding carboxylic acids is 1. The van der Waals surface area contributed by atoms with Crippen molar-refractivity contribution in [3.63, 3.8) is 0 Å². The highest BCUT2D eigenvalue weighted by molar-refractivity contribution is 7.18. The van der Waals surface area contributed by atoms with Gasteiger partial charge in [-0.2, -0.15) is 0 Å². The Balaban J connectivity index is 1.84. The summed E-state index contributed by atoms with van der Waals surface area (Å²) in [5.41, 5.74) is 1.01. The minimum Gasteiger partial charge on any atom is -0.493 e. The Morgan fingerprint density at radius 3 is 2.71 bits per heavy atom. The molecule has 0 aliphatic carbocycles. The van der Waals surface area contributed by atoms with Crippen molar-refractivity contribution in [1.82, 2.24) is 9.97 Å². The van der Waals surface area contributed by atoms with Crippen molar-refractivity contribution >= 4 is 27.5 Å². The standard InChI is InChI=1S/C20H22N2O5S/c1-6-26-14-8-7-13(9-15(14)25-5)20(24)27-11(3)17-21-18(23)16-10(2)12(4)28-19(16)22-17/h7-9,11H,6H2,1-5H3,(H,21,22,23)/t11-/m0/s1. The molecule has 0 spiro atoms. The van der Waals surface area contributed by atoms with Crippen LogP contribution in [0.25, 0.3) is 10.2 Å². The predicted molar refractivity (Wildman–Crippen MR) is 108 cm³/mol. The number of carbonyl (C=O) groups is 1. The number of aromatic nitrogens is 2. The molecule has 1 aromatic carbocycles. The van der Waals surface area contributed by atoms with Crippen molar-refractivity contribution in [3.05, 3.63) is 50.4 Å². The molecule has 0 unspecified atom stereocenters. The molecule has 148 valence electrons. The van der Waals surface area contributed by atoms with Crippen LogP contribution in [0.15, 0.2) is 23.0 Å². The second-order valence-corrected chi connectivity index (χ2v) is 7.46. The third-order valence-corrected chi connectivity index (χ3v) is 5.53. The maximum atomic E-state index is 12.5. The summed E-state index contributed by atoms with van der Waals surface area (Å²) in [5.74, 6) is 0.760. The van der Waals surface area contributed by atoms with Crippen LogP contribution in [0.4, 0.5) is 0 Å². The third kappa shape index (κ3) is 3.73. The monoisotopic (exact) mass is 402 g/mol. The smallest absolute Gasteiger partial charge is 0.338 e. The largest absolute Gasteiger partial charge is 0.493 e. The number of fused-ring (bicyclic) bond motifs is 1. The molecule has 1 atom stereocenters. The Bertz CT molecular complexity index is 1090. The maximum absolute atomic E-state index is 12.5. The molecule has 0 saturated carbocycles. The van der Waals surface area contributed by atoms with Crippen LogP contribution >= 0.6 is 11.3 Å². The lowest BCUT2D eigenvalue weighted by molar-refractivity contribution is 0.0319. The first kappa shape index (κ1) is 19.9. The number of thiophene rings is 1. The molecule has 0 amide bonds. The van der Waals surface area contributed by atoms with Crippen molar-refractivity contribution < 1.29 is 19.0 Å². The SMILES string of the molecule is CCOc1ccc(C(=O)O[C@@H](C)c2nc3sc(C)c(C)c3c(=O)[nH]2)cc1OC. The fraction of sp³-hybridized carbons (Fsp3) is 0.350. The molecule has 0 bridgehead atoms. The van der Waals surface area contributed by atoms with E-state index in [0.717, 1.165) is 10.4 Å². The van der Waals surface area contributed by atoms with E-state index in [2.05, 4.69) is 9.97 Å². The number of hydrogen-bond acceptors (Lipinski definition) is 7. The van der Waals surface area contributed by atoms with Gasteiger partial charge in [-0.1, -0.05) is 0 Å². The van der Waals surface area contributed by atoms with Gasteiger partial charge in [0.1, 0.15) is 4.83 Å². The Morgan fingerprint density at radius 1 is 1.29 bits per heavy atom. The van der Waals surface area contributed by atoms with E-state index in [4.69, 9.17) is 14.2 Å². The zero-order valence-electron chi connectivity index (χ0n) is 16.4. The van der Waals surface area contributed by atoms with Crippen LogP contribution in [0.5, 0.6) is 11.5 Å². The van der Waals surface area contributed by atoms with Crippen molar-refractivity contribution in [1.29, 1.82) is 0 Å². The van der Waals surface area contributed by atoms with Gasteiger partial charge in [0.2, 0.25) is 0 Å². The Labute approximate surface area is 166 Å². The van der Waals surface area contributed by atoms with Crippen LogP contribution < -0.4 is 15.0 Å². The molecule has 2 heterocycles.